The Morgan fingerprint density at radius 3 is 2.60 bits per heavy atom. The topological polar surface area (TPSA) is 21.3 Å². The standard InChI is InChI=1S/C13H21NO/c1-3-7-13(14-10-11-15-2)12-8-5-4-6-9-12/h4-6,8-9,13-14H,3,7,10-11H2,1-2H3/t13-/m0/s1. The summed E-state index contributed by atoms with van der Waals surface area (Å²) in [5.74, 6) is 0. The summed E-state index contributed by atoms with van der Waals surface area (Å²) < 4.78 is 5.04. The van der Waals surface area contributed by atoms with Crippen molar-refractivity contribution in [1.29, 1.82) is 0 Å². The van der Waals surface area contributed by atoms with Crippen LogP contribution in [0.25, 0.3) is 0 Å². The Hall–Kier alpha value is -0.860. The fourth-order valence-electron chi connectivity index (χ4n) is 1.70. The van der Waals surface area contributed by atoms with Crippen molar-refractivity contribution in [2.45, 2.75) is 25.8 Å². The van der Waals surface area contributed by atoms with Crippen molar-refractivity contribution in [3.8, 4) is 0 Å². The Labute approximate surface area is 92.6 Å². The molecule has 0 saturated heterocycles. The molecule has 1 rings (SSSR count). The normalized spacial score (nSPS) is 12.7. The molecule has 2 heteroatoms. The second-order valence-corrected chi connectivity index (χ2v) is 3.70. The third-order valence-corrected chi connectivity index (χ3v) is 2.48. The van der Waals surface area contributed by atoms with E-state index in [0.29, 0.717) is 6.04 Å². The highest BCUT2D eigenvalue weighted by Crippen LogP contribution is 2.17. The Bertz CT molecular complexity index is 248. The first kappa shape index (κ1) is 12.2. The van der Waals surface area contributed by atoms with Crippen LogP contribution in [0.4, 0.5) is 0 Å². The van der Waals surface area contributed by atoms with Crippen LogP contribution in [0.3, 0.4) is 0 Å². The maximum absolute atomic E-state index is 5.04. The molecule has 0 saturated carbocycles. The summed E-state index contributed by atoms with van der Waals surface area (Å²) in [6.07, 6.45) is 2.37. The Balaban J connectivity index is 2.50. The highest BCUT2D eigenvalue weighted by atomic mass is 16.5. The van der Waals surface area contributed by atoms with Crippen LogP contribution in [0, 0.1) is 0 Å². The van der Waals surface area contributed by atoms with E-state index < -0.39 is 0 Å². The molecule has 0 fully saturated rings. The molecule has 0 aliphatic carbocycles. The quantitative estimate of drug-likeness (QED) is 0.694. The van der Waals surface area contributed by atoms with Gasteiger partial charge in [-0.05, 0) is 12.0 Å². The van der Waals surface area contributed by atoms with Crippen LogP contribution in [0.1, 0.15) is 31.4 Å². The second-order valence-electron chi connectivity index (χ2n) is 3.70. The van der Waals surface area contributed by atoms with E-state index in [4.69, 9.17) is 4.74 Å². The zero-order valence-electron chi connectivity index (χ0n) is 9.70. The monoisotopic (exact) mass is 207 g/mol. The van der Waals surface area contributed by atoms with Gasteiger partial charge in [-0.2, -0.15) is 0 Å². The van der Waals surface area contributed by atoms with Crippen LogP contribution in [0.15, 0.2) is 30.3 Å². The van der Waals surface area contributed by atoms with Gasteiger partial charge in [-0.1, -0.05) is 43.7 Å². The lowest BCUT2D eigenvalue weighted by molar-refractivity contribution is 0.195. The number of hydrogen-bond acceptors (Lipinski definition) is 2. The highest BCUT2D eigenvalue weighted by Gasteiger charge is 2.08. The lowest BCUT2D eigenvalue weighted by Crippen LogP contribution is -2.24. The van der Waals surface area contributed by atoms with Gasteiger partial charge in [0.1, 0.15) is 0 Å². The molecule has 1 aromatic carbocycles. The molecule has 2 nitrogen and oxygen atoms in total. The van der Waals surface area contributed by atoms with Gasteiger partial charge >= 0.3 is 0 Å². The number of benzene rings is 1. The lowest BCUT2D eigenvalue weighted by atomic mass is 10.0. The zero-order valence-corrected chi connectivity index (χ0v) is 9.70. The Morgan fingerprint density at radius 1 is 1.27 bits per heavy atom. The average Bonchev–Trinajstić information content (AvgIpc) is 2.29. The molecule has 0 aliphatic heterocycles. The minimum atomic E-state index is 0.464. The first-order valence-electron chi connectivity index (χ1n) is 5.65. The summed E-state index contributed by atoms with van der Waals surface area (Å²) in [5, 5.41) is 3.51. The molecule has 0 amide bonds. The summed E-state index contributed by atoms with van der Waals surface area (Å²) >= 11 is 0. The van der Waals surface area contributed by atoms with E-state index >= 15 is 0 Å². The van der Waals surface area contributed by atoms with Gasteiger partial charge in [0, 0.05) is 19.7 Å². The molecule has 15 heavy (non-hydrogen) atoms. The van der Waals surface area contributed by atoms with Crippen molar-refractivity contribution < 1.29 is 4.74 Å². The largest absolute Gasteiger partial charge is 0.383 e. The summed E-state index contributed by atoms with van der Waals surface area (Å²) in [6, 6.07) is 11.1. The van der Waals surface area contributed by atoms with E-state index in [1.807, 2.05) is 0 Å². The van der Waals surface area contributed by atoms with E-state index in [1.165, 1.54) is 18.4 Å². The smallest absolute Gasteiger partial charge is 0.0587 e. The van der Waals surface area contributed by atoms with Gasteiger partial charge in [0.05, 0.1) is 6.61 Å². The van der Waals surface area contributed by atoms with Crippen molar-refractivity contribution in [2.24, 2.45) is 0 Å². The molecule has 1 atom stereocenters. The van der Waals surface area contributed by atoms with E-state index in [0.717, 1.165) is 13.2 Å². The van der Waals surface area contributed by atoms with Crippen molar-refractivity contribution in [3.05, 3.63) is 35.9 Å². The molecule has 0 radical (unpaired) electrons. The minimum Gasteiger partial charge on any atom is -0.383 e. The molecule has 0 bridgehead atoms. The van der Waals surface area contributed by atoms with Crippen LogP contribution >= 0.6 is 0 Å². The highest BCUT2D eigenvalue weighted by molar-refractivity contribution is 5.18. The van der Waals surface area contributed by atoms with Crippen molar-refractivity contribution >= 4 is 0 Å². The average molecular weight is 207 g/mol. The molecule has 0 aliphatic rings. The fourth-order valence-corrected chi connectivity index (χ4v) is 1.70. The molecule has 1 aromatic rings. The van der Waals surface area contributed by atoms with Gasteiger partial charge in [0.25, 0.3) is 0 Å². The first-order valence-corrected chi connectivity index (χ1v) is 5.65. The van der Waals surface area contributed by atoms with E-state index in [2.05, 4.69) is 42.6 Å². The summed E-state index contributed by atoms with van der Waals surface area (Å²) in [6.45, 7) is 3.90. The lowest BCUT2D eigenvalue weighted by Gasteiger charge is -2.18. The Morgan fingerprint density at radius 2 is 2.00 bits per heavy atom. The van der Waals surface area contributed by atoms with Gasteiger partial charge in [0.15, 0.2) is 0 Å². The molecule has 84 valence electrons. The molecular formula is C13H21NO. The number of ether oxygens (including phenoxy) is 1. The van der Waals surface area contributed by atoms with E-state index in [9.17, 15) is 0 Å². The summed E-state index contributed by atoms with van der Waals surface area (Å²) in [5.41, 5.74) is 1.37. The third kappa shape index (κ3) is 4.45. The molecule has 0 spiro atoms. The van der Waals surface area contributed by atoms with Crippen LogP contribution in [0.2, 0.25) is 0 Å². The van der Waals surface area contributed by atoms with Gasteiger partial charge < -0.3 is 10.1 Å². The zero-order chi connectivity index (χ0) is 10.9. The maximum atomic E-state index is 5.04. The van der Waals surface area contributed by atoms with Gasteiger partial charge in [-0.15, -0.1) is 0 Å². The fraction of sp³-hybridized carbons (Fsp3) is 0.538. The van der Waals surface area contributed by atoms with Crippen molar-refractivity contribution in [1.82, 2.24) is 5.32 Å². The predicted molar refractivity (Wildman–Crippen MR) is 64.0 cm³/mol. The van der Waals surface area contributed by atoms with Crippen molar-refractivity contribution in [3.63, 3.8) is 0 Å². The maximum Gasteiger partial charge on any atom is 0.0587 e. The molecule has 0 heterocycles. The number of nitrogens with one attached hydrogen (secondary N) is 1. The number of methoxy groups -OCH3 is 1. The number of hydrogen-bond donors (Lipinski definition) is 1. The van der Waals surface area contributed by atoms with Crippen LogP contribution in [-0.4, -0.2) is 20.3 Å². The summed E-state index contributed by atoms with van der Waals surface area (Å²) in [7, 11) is 1.74. The summed E-state index contributed by atoms with van der Waals surface area (Å²) in [4.78, 5) is 0. The third-order valence-electron chi connectivity index (χ3n) is 2.48. The van der Waals surface area contributed by atoms with E-state index in [1.54, 1.807) is 7.11 Å². The molecule has 1 N–H and O–H groups in total. The van der Waals surface area contributed by atoms with Crippen LogP contribution in [0.5, 0.6) is 0 Å². The van der Waals surface area contributed by atoms with Crippen LogP contribution < -0.4 is 5.32 Å². The predicted octanol–water partition coefficient (Wildman–Crippen LogP) is 2.76. The second kappa shape index (κ2) is 7.43. The molecule has 0 aromatic heterocycles. The number of rotatable bonds is 7. The Kier molecular flexibility index (Phi) is 6.05. The van der Waals surface area contributed by atoms with Crippen LogP contribution in [-0.2, 0) is 4.74 Å². The van der Waals surface area contributed by atoms with E-state index in [-0.39, 0.29) is 0 Å². The van der Waals surface area contributed by atoms with Gasteiger partial charge in [0.2, 0.25) is 0 Å². The van der Waals surface area contributed by atoms with Crippen molar-refractivity contribution in [2.75, 3.05) is 20.3 Å². The van der Waals surface area contributed by atoms with Gasteiger partial charge in [-0.25, -0.2) is 0 Å². The molecular weight excluding hydrogens is 186 g/mol. The first-order chi connectivity index (χ1) is 7.38. The molecule has 0 unspecified atom stereocenters. The SMILES string of the molecule is CCC[C@H](NCCOC)c1ccccc1. The van der Waals surface area contributed by atoms with Gasteiger partial charge in [-0.3, -0.25) is 0 Å². The minimum absolute atomic E-state index is 0.464.